The van der Waals surface area contributed by atoms with Crippen LogP contribution in [0.1, 0.15) is 39.5 Å². The molecule has 0 bridgehead atoms. The molecule has 1 aliphatic heterocycles. The zero-order valence-electron chi connectivity index (χ0n) is 12.6. The van der Waals surface area contributed by atoms with Crippen LogP contribution in [0.3, 0.4) is 0 Å². The number of nitrogens with zero attached hydrogens (tertiary/aromatic N) is 2. The van der Waals surface area contributed by atoms with Gasteiger partial charge in [-0.3, -0.25) is 0 Å². The van der Waals surface area contributed by atoms with Crippen molar-refractivity contribution in [1.82, 2.24) is 14.9 Å². The van der Waals surface area contributed by atoms with E-state index >= 15 is 0 Å². The van der Waals surface area contributed by atoms with Crippen molar-refractivity contribution in [2.75, 3.05) is 19.7 Å². The van der Waals surface area contributed by atoms with Crippen LogP contribution >= 0.6 is 0 Å². The minimum atomic E-state index is 0.149. The third-order valence-corrected chi connectivity index (χ3v) is 4.12. The van der Waals surface area contributed by atoms with Crippen LogP contribution in [0.2, 0.25) is 0 Å². The van der Waals surface area contributed by atoms with Gasteiger partial charge in [-0.05, 0) is 17.8 Å². The Balaban J connectivity index is 2.10. The molecule has 0 saturated carbocycles. The van der Waals surface area contributed by atoms with Crippen molar-refractivity contribution in [3.05, 3.63) is 18.2 Å². The maximum atomic E-state index is 5.84. The molecule has 1 aliphatic rings. The van der Waals surface area contributed by atoms with Crippen LogP contribution < -0.4 is 5.32 Å². The van der Waals surface area contributed by atoms with E-state index in [1.54, 1.807) is 0 Å². The summed E-state index contributed by atoms with van der Waals surface area (Å²) in [4.78, 5) is 4.32. The van der Waals surface area contributed by atoms with Gasteiger partial charge in [0.2, 0.25) is 0 Å². The Morgan fingerprint density at radius 1 is 1.37 bits per heavy atom. The van der Waals surface area contributed by atoms with Crippen molar-refractivity contribution < 1.29 is 4.74 Å². The summed E-state index contributed by atoms with van der Waals surface area (Å²) in [7, 11) is 0. The minimum absolute atomic E-state index is 0.149. The standard InChI is InChI=1S/C15H27N3O/c1-11(2)13(12(3)4)9-18-10-17-7-14(18)15-8-16-5-6-19-15/h7,10-13,15-16H,5-6,8-9H2,1-4H3. The first kappa shape index (κ1) is 14.5. The lowest BCUT2D eigenvalue weighted by atomic mass is 9.85. The molecule has 108 valence electrons. The average Bonchev–Trinajstić information content (AvgIpc) is 2.84. The van der Waals surface area contributed by atoms with E-state index in [4.69, 9.17) is 4.74 Å². The Hall–Kier alpha value is -0.870. The number of ether oxygens (including phenoxy) is 1. The number of aromatic nitrogens is 2. The average molecular weight is 265 g/mol. The fourth-order valence-corrected chi connectivity index (χ4v) is 2.93. The maximum absolute atomic E-state index is 5.84. The summed E-state index contributed by atoms with van der Waals surface area (Å²) in [5.74, 6) is 2.03. The van der Waals surface area contributed by atoms with Gasteiger partial charge in [-0.1, -0.05) is 27.7 Å². The van der Waals surface area contributed by atoms with Crippen LogP contribution in [0.25, 0.3) is 0 Å². The van der Waals surface area contributed by atoms with Gasteiger partial charge in [-0.25, -0.2) is 4.98 Å². The highest BCUT2D eigenvalue weighted by Gasteiger charge is 2.23. The molecule has 1 fully saturated rings. The highest BCUT2D eigenvalue weighted by Crippen LogP contribution is 2.25. The second-order valence-corrected chi connectivity index (χ2v) is 6.19. The number of morpholine rings is 1. The largest absolute Gasteiger partial charge is 0.369 e. The van der Waals surface area contributed by atoms with E-state index in [1.165, 1.54) is 5.69 Å². The summed E-state index contributed by atoms with van der Waals surface area (Å²) in [6.45, 7) is 12.9. The Kier molecular flexibility index (Phi) is 4.99. The number of hydrogen-bond acceptors (Lipinski definition) is 3. The third-order valence-electron chi connectivity index (χ3n) is 4.12. The first-order valence-corrected chi connectivity index (χ1v) is 7.42. The van der Waals surface area contributed by atoms with E-state index in [2.05, 4.69) is 42.6 Å². The Morgan fingerprint density at radius 2 is 2.11 bits per heavy atom. The minimum Gasteiger partial charge on any atom is -0.369 e. The molecule has 1 aromatic rings. The highest BCUT2D eigenvalue weighted by atomic mass is 16.5. The number of hydrogen-bond donors (Lipinski definition) is 1. The summed E-state index contributed by atoms with van der Waals surface area (Å²) in [6.07, 6.45) is 4.05. The van der Waals surface area contributed by atoms with Crippen LogP contribution in [0.4, 0.5) is 0 Å². The van der Waals surface area contributed by atoms with E-state index in [0.717, 1.165) is 26.2 Å². The van der Waals surface area contributed by atoms with Crippen molar-refractivity contribution in [3.63, 3.8) is 0 Å². The molecule has 19 heavy (non-hydrogen) atoms. The van der Waals surface area contributed by atoms with Gasteiger partial charge >= 0.3 is 0 Å². The molecule has 0 spiro atoms. The molecule has 1 unspecified atom stereocenters. The van der Waals surface area contributed by atoms with Gasteiger partial charge in [0.05, 0.1) is 24.8 Å². The first-order chi connectivity index (χ1) is 9.09. The van der Waals surface area contributed by atoms with Crippen molar-refractivity contribution in [2.45, 2.75) is 40.3 Å². The molecule has 4 nitrogen and oxygen atoms in total. The molecule has 1 saturated heterocycles. The molecule has 0 aromatic carbocycles. The van der Waals surface area contributed by atoms with Crippen molar-refractivity contribution in [2.24, 2.45) is 17.8 Å². The van der Waals surface area contributed by atoms with Gasteiger partial charge in [0.25, 0.3) is 0 Å². The monoisotopic (exact) mass is 265 g/mol. The lowest BCUT2D eigenvalue weighted by Gasteiger charge is -2.29. The summed E-state index contributed by atoms with van der Waals surface area (Å²) in [5, 5.41) is 3.38. The molecular formula is C15H27N3O. The fourth-order valence-electron chi connectivity index (χ4n) is 2.93. The molecule has 1 aromatic heterocycles. The summed E-state index contributed by atoms with van der Waals surface area (Å²) < 4.78 is 8.12. The van der Waals surface area contributed by atoms with Crippen LogP contribution in [-0.4, -0.2) is 29.2 Å². The second-order valence-electron chi connectivity index (χ2n) is 6.19. The van der Waals surface area contributed by atoms with Gasteiger partial charge < -0.3 is 14.6 Å². The second kappa shape index (κ2) is 6.53. The Bertz CT molecular complexity index is 372. The zero-order valence-corrected chi connectivity index (χ0v) is 12.6. The highest BCUT2D eigenvalue weighted by molar-refractivity contribution is 5.05. The SMILES string of the molecule is CC(C)C(Cn1cncc1C1CNCCO1)C(C)C. The van der Waals surface area contributed by atoms with Gasteiger partial charge in [0, 0.05) is 19.6 Å². The summed E-state index contributed by atoms with van der Waals surface area (Å²) >= 11 is 0. The summed E-state index contributed by atoms with van der Waals surface area (Å²) in [5.41, 5.74) is 1.21. The van der Waals surface area contributed by atoms with Gasteiger partial charge in [-0.15, -0.1) is 0 Å². The Morgan fingerprint density at radius 3 is 2.68 bits per heavy atom. The predicted molar refractivity (Wildman–Crippen MR) is 77.0 cm³/mol. The van der Waals surface area contributed by atoms with E-state index in [0.29, 0.717) is 17.8 Å². The molecule has 1 N–H and O–H groups in total. The topological polar surface area (TPSA) is 39.1 Å². The van der Waals surface area contributed by atoms with Gasteiger partial charge in [0.1, 0.15) is 6.10 Å². The van der Waals surface area contributed by atoms with Crippen molar-refractivity contribution >= 4 is 0 Å². The molecule has 4 heteroatoms. The summed E-state index contributed by atoms with van der Waals surface area (Å²) in [6, 6.07) is 0. The first-order valence-electron chi connectivity index (χ1n) is 7.42. The quantitative estimate of drug-likeness (QED) is 0.889. The normalized spacial score (nSPS) is 20.7. The van der Waals surface area contributed by atoms with Crippen molar-refractivity contribution in [1.29, 1.82) is 0 Å². The lowest BCUT2D eigenvalue weighted by molar-refractivity contribution is 0.0218. The number of nitrogens with one attached hydrogen (secondary N) is 1. The molecule has 0 radical (unpaired) electrons. The molecule has 2 heterocycles. The van der Waals surface area contributed by atoms with Gasteiger partial charge in [-0.2, -0.15) is 0 Å². The molecule has 0 aliphatic carbocycles. The maximum Gasteiger partial charge on any atom is 0.111 e. The molecule has 2 rings (SSSR count). The van der Waals surface area contributed by atoms with Gasteiger partial charge in [0.15, 0.2) is 0 Å². The van der Waals surface area contributed by atoms with E-state index in [9.17, 15) is 0 Å². The smallest absolute Gasteiger partial charge is 0.111 e. The molecule has 1 atom stereocenters. The fraction of sp³-hybridized carbons (Fsp3) is 0.800. The molecular weight excluding hydrogens is 238 g/mol. The van der Waals surface area contributed by atoms with E-state index in [1.807, 2.05) is 12.5 Å². The lowest BCUT2D eigenvalue weighted by Crippen LogP contribution is -2.34. The number of rotatable bonds is 5. The van der Waals surface area contributed by atoms with E-state index < -0.39 is 0 Å². The Labute approximate surface area is 116 Å². The zero-order chi connectivity index (χ0) is 13.8. The van der Waals surface area contributed by atoms with E-state index in [-0.39, 0.29) is 6.10 Å². The van der Waals surface area contributed by atoms with Crippen LogP contribution in [-0.2, 0) is 11.3 Å². The predicted octanol–water partition coefficient (Wildman–Crippen LogP) is 2.47. The molecule has 0 amide bonds. The van der Waals surface area contributed by atoms with Crippen LogP contribution in [0.5, 0.6) is 0 Å². The van der Waals surface area contributed by atoms with Crippen molar-refractivity contribution in [3.8, 4) is 0 Å². The third kappa shape index (κ3) is 3.57. The van der Waals surface area contributed by atoms with Crippen LogP contribution in [0, 0.1) is 17.8 Å². The number of imidazole rings is 1. The van der Waals surface area contributed by atoms with Crippen LogP contribution in [0.15, 0.2) is 12.5 Å².